The third-order valence-corrected chi connectivity index (χ3v) is 2.67. The largest absolute Gasteiger partial charge is 0.441 e. The Morgan fingerprint density at radius 1 is 1.31 bits per heavy atom. The topological polar surface area (TPSA) is 32.3 Å². The zero-order chi connectivity index (χ0) is 12.6. The van der Waals surface area contributed by atoms with Gasteiger partial charge in [0.25, 0.3) is 0 Å². The second-order valence-corrected chi connectivity index (χ2v) is 4.20. The summed E-state index contributed by atoms with van der Waals surface area (Å²) in [6.07, 6.45) is 0. The van der Waals surface area contributed by atoms with Crippen LogP contribution in [0.15, 0.2) is 0 Å². The molecule has 1 amide bonds. The number of hydrogen-bond donors (Lipinski definition) is 1. The summed E-state index contributed by atoms with van der Waals surface area (Å²) in [7, 11) is 0. The minimum absolute atomic E-state index is 0.0744. The van der Waals surface area contributed by atoms with Crippen molar-refractivity contribution in [1.29, 1.82) is 0 Å². The Morgan fingerprint density at radius 3 is 2.31 bits per heavy atom. The number of carbonyl (C=O) groups is 1. The number of amides is 1. The van der Waals surface area contributed by atoms with Gasteiger partial charge in [-0.25, -0.2) is 0 Å². The highest BCUT2D eigenvalue weighted by Gasteiger charge is 2.27. The lowest BCUT2D eigenvalue weighted by molar-refractivity contribution is -0.129. The van der Waals surface area contributed by atoms with Crippen LogP contribution in [-0.2, 0) is 4.79 Å². The zero-order valence-corrected chi connectivity index (χ0v) is 10.2. The molecule has 96 valence electrons. The van der Waals surface area contributed by atoms with Gasteiger partial charge in [-0.15, -0.1) is 0 Å². The Morgan fingerprint density at radius 2 is 1.88 bits per heavy atom. The van der Waals surface area contributed by atoms with Gasteiger partial charge in [-0.3, -0.25) is 4.79 Å². The molecule has 0 bridgehead atoms. The van der Waals surface area contributed by atoms with Crippen LogP contribution in [0.3, 0.4) is 0 Å². The van der Waals surface area contributed by atoms with Gasteiger partial charge < -0.3 is 10.2 Å². The first-order chi connectivity index (χ1) is 7.40. The normalized spacial score (nSPS) is 11.6. The molecule has 0 aliphatic carbocycles. The molecule has 0 heterocycles. The lowest BCUT2D eigenvalue weighted by Gasteiger charge is -2.18. The number of thioether (sulfide) groups is 1. The minimum atomic E-state index is -4.19. The fourth-order valence-corrected chi connectivity index (χ4v) is 1.60. The van der Waals surface area contributed by atoms with Crippen LogP contribution in [0, 0.1) is 0 Å². The van der Waals surface area contributed by atoms with Gasteiger partial charge in [-0.05, 0) is 25.6 Å². The second kappa shape index (κ2) is 7.78. The Balaban J connectivity index is 3.55. The molecule has 0 spiro atoms. The molecular weight excluding hydrogens is 241 g/mol. The number of alkyl halides is 3. The molecule has 7 heteroatoms. The van der Waals surface area contributed by atoms with Crippen molar-refractivity contribution in [2.45, 2.75) is 19.4 Å². The van der Waals surface area contributed by atoms with E-state index in [1.165, 1.54) is 0 Å². The number of likely N-dealkylation sites (N-methyl/N-ethyl adjacent to an activating group) is 1. The fourth-order valence-electron chi connectivity index (χ4n) is 1.12. The standard InChI is InChI=1S/C9H17F3N2OS/c1-3-14(4-2)8(15)7-13-5-6-16-9(10,11)12/h13H,3-7H2,1-2H3. The van der Waals surface area contributed by atoms with E-state index in [0.29, 0.717) is 13.1 Å². The predicted molar refractivity (Wildman–Crippen MR) is 59.3 cm³/mol. The van der Waals surface area contributed by atoms with Gasteiger partial charge in [0.05, 0.1) is 6.54 Å². The van der Waals surface area contributed by atoms with E-state index in [1.807, 2.05) is 13.8 Å². The van der Waals surface area contributed by atoms with E-state index in [0.717, 1.165) is 0 Å². The molecule has 0 aliphatic rings. The van der Waals surface area contributed by atoms with E-state index >= 15 is 0 Å². The van der Waals surface area contributed by atoms with Gasteiger partial charge in [0.2, 0.25) is 5.91 Å². The van der Waals surface area contributed by atoms with E-state index in [-0.39, 0.29) is 36.5 Å². The molecule has 0 aliphatic heterocycles. The number of carbonyl (C=O) groups excluding carboxylic acids is 1. The van der Waals surface area contributed by atoms with Crippen molar-refractivity contribution in [3.63, 3.8) is 0 Å². The summed E-state index contributed by atoms with van der Waals surface area (Å²) in [5.41, 5.74) is -4.19. The molecule has 1 N–H and O–H groups in total. The molecule has 0 aromatic heterocycles. The lowest BCUT2D eigenvalue weighted by Crippen LogP contribution is -2.38. The molecule has 0 rings (SSSR count). The van der Waals surface area contributed by atoms with Crippen molar-refractivity contribution >= 4 is 17.7 Å². The first kappa shape index (κ1) is 15.6. The predicted octanol–water partition coefficient (Wildman–Crippen LogP) is 1.70. The van der Waals surface area contributed by atoms with E-state index in [4.69, 9.17) is 0 Å². The first-order valence-electron chi connectivity index (χ1n) is 5.09. The van der Waals surface area contributed by atoms with Crippen molar-refractivity contribution in [3.05, 3.63) is 0 Å². The summed E-state index contributed by atoms with van der Waals surface area (Å²) in [5, 5.41) is 2.69. The SMILES string of the molecule is CCN(CC)C(=O)CNCCSC(F)(F)F. The van der Waals surface area contributed by atoms with Crippen LogP contribution in [0.1, 0.15) is 13.8 Å². The molecule has 0 aromatic carbocycles. The number of hydrogen-bond acceptors (Lipinski definition) is 3. The van der Waals surface area contributed by atoms with E-state index in [2.05, 4.69) is 5.32 Å². The van der Waals surface area contributed by atoms with E-state index < -0.39 is 5.51 Å². The van der Waals surface area contributed by atoms with Crippen LogP contribution in [-0.4, -0.2) is 48.2 Å². The van der Waals surface area contributed by atoms with Gasteiger partial charge in [0.1, 0.15) is 0 Å². The zero-order valence-electron chi connectivity index (χ0n) is 9.43. The Hall–Kier alpha value is -0.430. The summed E-state index contributed by atoms with van der Waals surface area (Å²) in [6.45, 7) is 5.24. The third-order valence-electron chi connectivity index (χ3n) is 1.94. The van der Waals surface area contributed by atoms with Crippen molar-refractivity contribution in [3.8, 4) is 0 Å². The molecule has 0 fully saturated rings. The average Bonchev–Trinajstić information content (AvgIpc) is 2.17. The maximum atomic E-state index is 11.7. The highest BCUT2D eigenvalue weighted by atomic mass is 32.2. The molecule has 0 radical (unpaired) electrons. The molecule has 0 saturated carbocycles. The summed E-state index contributed by atoms with van der Waals surface area (Å²) >= 11 is -0.0823. The molecule has 0 atom stereocenters. The average molecular weight is 258 g/mol. The van der Waals surface area contributed by atoms with Gasteiger partial charge >= 0.3 is 5.51 Å². The van der Waals surface area contributed by atoms with Crippen LogP contribution in [0.25, 0.3) is 0 Å². The summed E-state index contributed by atoms with van der Waals surface area (Å²) in [6, 6.07) is 0. The lowest BCUT2D eigenvalue weighted by atomic mass is 10.4. The first-order valence-corrected chi connectivity index (χ1v) is 6.08. The van der Waals surface area contributed by atoms with E-state index in [1.54, 1.807) is 4.90 Å². The molecule has 0 unspecified atom stereocenters. The van der Waals surface area contributed by atoms with Crippen LogP contribution in [0.2, 0.25) is 0 Å². The summed E-state index contributed by atoms with van der Waals surface area (Å²) in [4.78, 5) is 13.0. The third kappa shape index (κ3) is 7.81. The highest BCUT2D eigenvalue weighted by molar-refractivity contribution is 8.00. The monoisotopic (exact) mass is 258 g/mol. The van der Waals surface area contributed by atoms with Crippen LogP contribution in [0.5, 0.6) is 0 Å². The minimum Gasteiger partial charge on any atom is -0.342 e. The molecule has 16 heavy (non-hydrogen) atoms. The number of nitrogens with one attached hydrogen (secondary N) is 1. The van der Waals surface area contributed by atoms with Crippen molar-refractivity contribution < 1.29 is 18.0 Å². The van der Waals surface area contributed by atoms with Crippen molar-refractivity contribution in [1.82, 2.24) is 10.2 Å². The Kier molecular flexibility index (Phi) is 7.57. The molecular formula is C9H17F3N2OS. The quantitative estimate of drug-likeness (QED) is 0.705. The maximum Gasteiger partial charge on any atom is 0.441 e. The van der Waals surface area contributed by atoms with E-state index in [9.17, 15) is 18.0 Å². The summed E-state index contributed by atoms with van der Waals surface area (Å²) < 4.78 is 35.2. The molecule has 0 saturated heterocycles. The molecule has 3 nitrogen and oxygen atoms in total. The van der Waals surface area contributed by atoms with Gasteiger partial charge in [-0.2, -0.15) is 13.2 Å². The highest BCUT2D eigenvalue weighted by Crippen LogP contribution is 2.29. The Labute approximate surface area is 97.7 Å². The molecule has 0 aromatic rings. The number of rotatable bonds is 7. The second-order valence-electron chi connectivity index (χ2n) is 3.04. The number of nitrogens with zero attached hydrogens (tertiary/aromatic N) is 1. The fraction of sp³-hybridized carbons (Fsp3) is 0.889. The van der Waals surface area contributed by atoms with Gasteiger partial charge in [0, 0.05) is 25.4 Å². The van der Waals surface area contributed by atoms with Gasteiger partial charge in [-0.1, -0.05) is 0 Å². The van der Waals surface area contributed by atoms with Crippen molar-refractivity contribution in [2.24, 2.45) is 0 Å². The Bertz CT molecular complexity index is 207. The number of halogens is 3. The smallest absolute Gasteiger partial charge is 0.342 e. The summed E-state index contributed by atoms with van der Waals surface area (Å²) in [5.74, 6) is -0.156. The van der Waals surface area contributed by atoms with Crippen LogP contribution >= 0.6 is 11.8 Å². The van der Waals surface area contributed by atoms with Crippen molar-refractivity contribution in [2.75, 3.05) is 31.9 Å². The van der Waals surface area contributed by atoms with Gasteiger partial charge in [0.15, 0.2) is 0 Å². The van der Waals surface area contributed by atoms with Crippen LogP contribution in [0.4, 0.5) is 13.2 Å². The van der Waals surface area contributed by atoms with Crippen LogP contribution < -0.4 is 5.32 Å². The maximum absolute atomic E-state index is 11.7.